The molecule has 0 fully saturated rings. The van der Waals surface area contributed by atoms with E-state index in [1.807, 2.05) is 0 Å². The molecule has 12 heavy (non-hydrogen) atoms. The standard InChI is InChI=1S/C7H9ClN4/c1-3-10-5-4(2)11-7(9)12-6(5)8/h3H,1-2H3,(H2,9,11,12). The molecule has 0 saturated heterocycles. The Morgan fingerprint density at radius 1 is 1.50 bits per heavy atom. The summed E-state index contributed by atoms with van der Waals surface area (Å²) in [6.07, 6.45) is 1.63. The third-order valence-electron chi connectivity index (χ3n) is 1.29. The van der Waals surface area contributed by atoms with Crippen LogP contribution in [0.2, 0.25) is 5.15 Å². The van der Waals surface area contributed by atoms with Crippen LogP contribution in [-0.2, 0) is 0 Å². The zero-order chi connectivity index (χ0) is 9.14. The fraction of sp³-hybridized carbons (Fsp3) is 0.286. The minimum absolute atomic E-state index is 0.174. The summed E-state index contributed by atoms with van der Waals surface area (Å²) in [5, 5.41) is 0.290. The lowest BCUT2D eigenvalue weighted by Crippen LogP contribution is -1.97. The Kier molecular flexibility index (Phi) is 2.60. The largest absolute Gasteiger partial charge is 0.368 e. The number of anilines is 1. The molecule has 0 spiro atoms. The summed E-state index contributed by atoms with van der Waals surface area (Å²) in [5.74, 6) is 0.174. The Bertz CT molecular complexity index is 298. The molecule has 2 N–H and O–H groups in total. The monoisotopic (exact) mass is 184 g/mol. The lowest BCUT2D eigenvalue weighted by Gasteiger charge is -2.01. The van der Waals surface area contributed by atoms with Gasteiger partial charge in [0.05, 0.1) is 5.69 Å². The van der Waals surface area contributed by atoms with Crippen molar-refractivity contribution in [3.8, 4) is 0 Å². The van der Waals surface area contributed by atoms with Gasteiger partial charge in [-0.2, -0.15) is 4.98 Å². The molecule has 5 heteroatoms. The third-order valence-corrected chi connectivity index (χ3v) is 1.55. The first-order valence-corrected chi connectivity index (χ1v) is 3.81. The Morgan fingerprint density at radius 3 is 2.67 bits per heavy atom. The number of halogens is 1. The van der Waals surface area contributed by atoms with Crippen molar-refractivity contribution in [1.29, 1.82) is 0 Å². The number of nitrogens with zero attached hydrogens (tertiary/aromatic N) is 3. The fourth-order valence-electron chi connectivity index (χ4n) is 0.828. The lowest BCUT2D eigenvalue weighted by atomic mass is 10.4. The summed E-state index contributed by atoms with van der Waals surface area (Å²) in [6.45, 7) is 3.58. The third kappa shape index (κ3) is 1.71. The van der Waals surface area contributed by atoms with Gasteiger partial charge in [-0.05, 0) is 13.8 Å². The predicted molar refractivity (Wildman–Crippen MR) is 50.0 cm³/mol. The van der Waals surface area contributed by atoms with E-state index in [0.717, 1.165) is 0 Å². The fourth-order valence-corrected chi connectivity index (χ4v) is 1.10. The van der Waals surface area contributed by atoms with Crippen LogP contribution >= 0.6 is 11.6 Å². The molecule has 4 nitrogen and oxygen atoms in total. The Balaban J connectivity index is 3.28. The van der Waals surface area contributed by atoms with Crippen molar-refractivity contribution in [2.75, 3.05) is 5.73 Å². The summed E-state index contributed by atoms with van der Waals surface area (Å²) in [7, 11) is 0. The SMILES string of the molecule is CC=Nc1c(C)nc(N)nc1Cl. The normalized spacial score (nSPS) is 10.9. The van der Waals surface area contributed by atoms with Gasteiger partial charge in [0.25, 0.3) is 0 Å². The van der Waals surface area contributed by atoms with Gasteiger partial charge in [0, 0.05) is 6.21 Å². The van der Waals surface area contributed by atoms with E-state index in [9.17, 15) is 0 Å². The van der Waals surface area contributed by atoms with Gasteiger partial charge in [-0.15, -0.1) is 0 Å². The number of nitrogens with two attached hydrogens (primary N) is 1. The van der Waals surface area contributed by atoms with E-state index in [-0.39, 0.29) is 11.1 Å². The Hall–Kier alpha value is -1.16. The molecule has 0 aliphatic carbocycles. The van der Waals surface area contributed by atoms with Crippen LogP contribution in [0.15, 0.2) is 4.99 Å². The zero-order valence-electron chi connectivity index (χ0n) is 6.87. The van der Waals surface area contributed by atoms with Crippen LogP contribution in [0.1, 0.15) is 12.6 Å². The summed E-state index contributed by atoms with van der Waals surface area (Å²) in [6, 6.07) is 0. The number of rotatable bonds is 1. The van der Waals surface area contributed by atoms with E-state index in [0.29, 0.717) is 11.4 Å². The first-order chi connectivity index (χ1) is 5.65. The van der Waals surface area contributed by atoms with Crippen LogP contribution in [0.4, 0.5) is 11.6 Å². The molecule has 1 heterocycles. The average molecular weight is 185 g/mol. The maximum atomic E-state index is 5.77. The van der Waals surface area contributed by atoms with Crippen molar-refractivity contribution in [1.82, 2.24) is 9.97 Å². The molecule has 64 valence electrons. The molecule has 0 radical (unpaired) electrons. The number of aryl methyl sites for hydroxylation is 1. The van der Waals surface area contributed by atoms with Crippen molar-refractivity contribution in [2.45, 2.75) is 13.8 Å². The molecule has 0 aliphatic rings. The van der Waals surface area contributed by atoms with Gasteiger partial charge in [-0.1, -0.05) is 11.6 Å². The van der Waals surface area contributed by atoms with Crippen molar-refractivity contribution >= 4 is 29.5 Å². The Labute approximate surface area is 75.5 Å². The van der Waals surface area contributed by atoms with Crippen molar-refractivity contribution in [3.05, 3.63) is 10.8 Å². The first-order valence-electron chi connectivity index (χ1n) is 3.43. The van der Waals surface area contributed by atoms with Gasteiger partial charge in [-0.3, -0.25) is 4.99 Å². The highest BCUT2D eigenvalue weighted by molar-refractivity contribution is 6.32. The van der Waals surface area contributed by atoms with E-state index in [1.54, 1.807) is 20.1 Å². The first kappa shape index (κ1) is 8.93. The van der Waals surface area contributed by atoms with Crippen molar-refractivity contribution < 1.29 is 0 Å². The number of aliphatic imine (C=N–C) groups is 1. The smallest absolute Gasteiger partial charge is 0.221 e. The minimum atomic E-state index is 0.174. The van der Waals surface area contributed by atoms with Crippen LogP contribution in [0, 0.1) is 6.92 Å². The summed E-state index contributed by atoms with van der Waals surface area (Å²) in [4.78, 5) is 11.7. The molecule has 0 aliphatic heterocycles. The molecule has 0 saturated carbocycles. The summed E-state index contributed by atoms with van der Waals surface area (Å²) >= 11 is 5.77. The highest BCUT2D eigenvalue weighted by Crippen LogP contribution is 2.25. The second-order valence-corrected chi connectivity index (χ2v) is 2.55. The molecular weight excluding hydrogens is 176 g/mol. The molecule has 1 rings (SSSR count). The van der Waals surface area contributed by atoms with Gasteiger partial charge >= 0.3 is 0 Å². The summed E-state index contributed by atoms with van der Waals surface area (Å²) < 4.78 is 0. The lowest BCUT2D eigenvalue weighted by molar-refractivity contribution is 1.11. The van der Waals surface area contributed by atoms with Crippen LogP contribution in [0.5, 0.6) is 0 Å². The Morgan fingerprint density at radius 2 is 2.17 bits per heavy atom. The predicted octanol–water partition coefficient (Wildman–Crippen LogP) is 1.74. The molecular formula is C7H9ClN4. The molecule has 1 aromatic rings. The molecule has 0 aromatic carbocycles. The molecule has 0 unspecified atom stereocenters. The van der Waals surface area contributed by atoms with Gasteiger partial charge in [0.2, 0.25) is 5.95 Å². The minimum Gasteiger partial charge on any atom is -0.368 e. The van der Waals surface area contributed by atoms with Gasteiger partial charge in [0.1, 0.15) is 5.69 Å². The molecule has 0 amide bonds. The number of aromatic nitrogens is 2. The highest BCUT2D eigenvalue weighted by Gasteiger charge is 2.05. The van der Waals surface area contributed by atoms with Gasteiger partial charge in [-0.25, -0.2) is 4.98 Å². The quantitative estimate of drug-likeness (QED) is 0.534. The van der Waals surface area contributed by atoms with Crippen molar-refractivity contribution in [3.63, 3.8) is 0 Å². The maximum Gasteiger partial charge on any atom is 0.221 e. The van der Waals surface area contributed by atoms with Crippen LogP contribution in [0.3, 0.4) is 0 Å². The van der Waals surface area contributed by atoms with Crippen molar-refractivity contribution in [2.24, 2.45) is 4.99 Å². The van der Waals surface area contributed by atoms with Gasteiger partial charge < -0.3 is 5.73 Å². The number of hydrogen-bond donors (Lipinski definition) is 1. The number of hydrogen-bond acceptors (Lipinski definition) is 4. The second-order valence-electron chi connectivity index (χ2n) is 2.19. The second kappa shape index (κ2) is 3.49. The van der Waals surface area contributed by atoms with E-state index in [2.05, 4.69) is 15.0 Å². The molecule has 0 bridgehead atoms. The molecule has 0 atom stereocenters. The van der Waals surface area contributed by atoms with E-state index < -0.39 is 0 Å². The van der Waals surface area contributed by atoms with Crippen LogP contribution in [0.25, 0.3) is 0 Å². The highest BCUT2D eigenvalue weighted by atomic mass is 35.5. The summed E-state index contributed by atoms with van der Waals surface area (Å²) in [5.41, 5.74) is 6.63. The maximum absolute atomic E-state index is 5.77. The number of nitrogen functional groups attached to an aromatic ring is 1. The zero-order valence-corrected chi connectivity index (χ0v) is 7.63. The van der Waals surface area contributed by atoms with Crippen LogP contribution < -0.4 is 5.73 Å². The van der Waals surface area contributed by atoms with E-state index in [1.165, 1.54) is 0 Å². The van der Waals surface area contributed by atoms with E-state index >= 15 is 0 Å². The average Bonchev–Trinajstić information content (AvgIpc) is 1.96. The topological polar surface area (TPSA) is 64.2 Å². The van der Waals surface area contributed by atoms with Crippen LogP contribution in [-0.4, -0.2) is 16.2 Å². The van der Waals surface area contributed by atoms with E-state index in [4.69, 9.17) is 17.3 Å². The van der Waals surface area contributed by atoms with Gasteiger partial charge in [0.15, 0.2) is 5.15 Å². The molecule has 1 aromatic heterocycles.